The van der Waals surface area contributed by atoms with Crippen molar-refractivity contribution in [3.05, 3.63) is 101 Å². The van der Waals surface area contributed by atoms with Crippen molar-refractivity contribution in [2.24, 2.45) is 5.92 Å². The first kappa shape index (κ1) is 26.8. The highest BCUT2D eigenvalue weighted by Crippen LogP contribution is 2.38. The van der Waals surface area contributed by atoms with Gasteiger partial charge in [-0.3, -0.25) is 0 Å². The molecule has 0 saturated carbocycles. The number of halogens is 6. The van der Waals surface area contributed by atoms with Crippen LogP contribution in [0.1, 0.15) is 62.1 Å². The van der Waals surface area contributed by atoms with Crippen LogP contribution in [0.5, 0.6) is 5.75 Å². The first-order valence-corrected chi connectivity index (χ1v) is 12.5. The molecule has 0 amide bonds. The lowest BCUT2D eigenvalue weighted by atomic mass is 9.83. The quantitative estimate of drug-likeness (QED) is 0.213. The SMILES string of the molecule is CCCc1cc(OC(F)(F)c2ccc(-c3ccc(C4C=CC(CC)CC4)c(F)c3F)cc2)cc(F)c1F. The van der Waals surface area contributed by atoms with E-state index in [-0.39, 0.29) is 34.6 Å². The van der Waals surface area contributed by atoms with Crippen LogP contribution in [0, 0.1) is 29.2 Å². The number of hydrogen-bond donors (Lipinski definition) is 0. The lowest BCUT2D eigenvalue weighted by Crippen LogP contribution is -2.22. The van der Waals surface area contributed by atoms with Crippen LogP contribution in [0.2, 0.25) is 0 Å². The first-order valence-electron chi connectivity index (χ1n) is 12.5. The Labute approximate surface area is 212 Å². The van der Waals surface area contributed by atoms with Crippen LogP contribution in [0.4, 0.5) is 26.3 Å². The zero-order valence-electron chi connectivity index (χ0n) is 20.6. The Bertz CT molecular complexity index is 1280. The third kappa shape index (κ3) is 5.71. The molecular formula is C30H28F6O. The molecule has 1 aliphatic carbocycles. The van der Waals surface area contributed by atoms with Crippen LogP contribution in [-0.2, 0) is 12.5 Å². The van der Waals surface area contributed by atoms with Crippen molar-refractivity contribution in [1.82, 2.24) is 0 Å². The second-order valence-corrected chi connectivity index (χ2v) is 9.39. The zero-order chi connectivity index (χ0) is 26.7. The van der Waals surface area contributed by atoms with E-state index in [1.165, 1.54) is 24.3 Å². The maximum absolute atomic E-state index is 15.0. The van der Waals surface area contributed by atoms with Gasteiger partial charge in [0.25, 0.3) is 0 Å². The molecule has 0 saturated heterocycles. The Morgan fingerprint density at radius 3 is 2.19 bits per heavy atom. The van der Waals surface area contributed by atoms with Gasteiger partial charge < -0.3 is 4.74 Å². The summed E-state index contributed by atoms with van der Waals surface area (Å²) in [6.45, 7) is 3.83. The molecule has 0 aromatic heterocycles. The lowest BCUT2D eigenvalue weighted by molar-refractivity contribution is -0.185. The molecule has 0 radical (unpaired) electrons. The van der Waals surface area contributed by atoms with Crippen molar-refractivity contribution in [2.45, 2.75) is 58.0 Å². The Morgan fingerprint density at radius 2 is 1.57 bits per heavy atom. The molecule has 0 fully saturated rings. The van der Waals surface area contributed by atoms with Crippen molar-refractivity contribution >= 4 is 0 Å². The Hall–Kier alpha value is -3.22. The molecule has 0 bridgehead atoms. The molecule has 3 aromatic rings. The lowest BCUT2D eigenvalue weighted by Gasteiger charge is -2.23. The normalized spacial score (nSPS) is 17.7. The molecule has 2 unspecified atom stereocenters. The topological polar surface area (TPSA) is 9.23 Å². The van der Waals surface area contributed by atoms with E-state index < -0.39 is 40.7 Å². The monoisotopic (exact) mass is 518 g/mol. The summed E-state index contributed by atoms with van der Waals surface area (Å²) in [5.41, 5.74) is -0.191. The van der Waals surface area contributed by atoms with Crippen LogP contribution in [0.15, 0.2) is 60.7 Å². The summed E-state index contributed by atoms with van der Waals surface area (Å²) in [6, 6.07) is 9.15. The second kappa shape index (κ2) is 11.0. The molecular weight excluding hydrogens is 490 g/mol. The van der Waals surface area contributed by atoms with E-state index in [0.717, 1.165) is 37.5 Å². The smallest absolute Gasteiger partial charge is 0.426 e. The molecule has 1 aliphatic rings. The fourth-order valence-electron chi connectivity index (χ4n) is 4.73. The summed E-state index contributed by atoms with van der Waals surface area (Å²) in [4.78, 5) is 0. The van der Waals surface area contributed by atoms with E-state index in [1.807, 2.05) is 12.2 Å². The largest absolute Gasteiger partial charge is 0.429 e. The molecule has 196 valence electrons. The van der Waals surface area contributed by atoms with Gasteiger partial charge in [-0.25, -0.2) is 17.6 Å². The summed E-state index contributed by atoms with van der Waals surface area (Å²) in [5, 5.41) is 0. The molecule has 3 aromatic carbocycles. The summed E-state index contributed by atoms with van der Waals surface area (Å²) in [6.07, 6.45) is 3.39. The predicted octanol–water partition coefficient (Wildman–Crippen LogP) is 9.45. The van der Waals surface area contributed by atoms with Crippen LogP contribution < -0.4 is 4.74 Å². The number of hydrogen-bond acceptors (Lipinski definition) is 1. The van der Waals surface area contributed by atoms with Gasteiger partial charge in [-0.15, -0.1) is 0 Å². The van der Waals surface area contributed by atoms with Crippen LogP contribution >= 0.6 is 0 Å². The van der Waals surface area contributed by atoms with Gasteiger partial charge in [0.05, 0.1) is 5.56 Å². The molecule has 37 heavy (non-hydrogen) atoms. The van der Waals surface area contributed by atoms with Crippen molar-refractivity contribution in [3.63, 3.8) is 0 Å². The van der Waals surface area contributed by atoms with Crippen LogP contribution in [0.3, 0.4) is 0 Å². The highest BCUT2D eigenvalue weighted by Gasteiger charge is 2.35. The number of aryl methyl sites for hydroxylation is 1. The van der Waals surface area contributed by atoms with Gasteiger partial charge in [-0.2, -0.15) is 8.78 Å². The molecule has 0 spiro atoms. The van der Waals surface area contributed by atoms with Gasteiger partial charge in [0.2, 0.25) is 0 Å². The van der Waals surface area contributed by atoms with Crippen LogP contribution in [0.25, 0.3) is 11.1 Å². The Morgan fingerprint density at radius 1 is 0.838 bits per heavy atom. The Balaban J connectivity index is 1.55. The van der Waals surface area contributed by atoms with E-state index in [9.17, 15) is 22.0 Å². The Kier molecular flexibility index (Phi) is 8.00. The molecule has 7 heteroatoms. The van der Waals surface area contributed by atoms with Crippen molar-refractivity contribution in [3.8, 4) is 16.9 Å². The van der Waals surface area contributed by atoms with E-state index in [4.69, 9.17) is 4.74 Å². The molecule has 0 heterocycles. The third-order valence-electron chi connectivity index (χ3n) is 6.87. The van der Waals surface area contributed by atoms with Gasteiger partial charge in [0, 0.05) is 17.5 Å². The van der Waals surface area contributed by atoms with Crippen molar-refractivity contribution < 1.29 is 31.1 Å². The zero-order valence-corrected chi connectivity index (χ0v) is 20.6. The molecule has 2 atom stereocenters. The fraction of sp³-hybridized carbons (Fsp3) is 0.333. The number of benzene rings is 3. The summed E-state index contributed by atoms with van der Waals surface area (Å²) >= 11 is 0. The van der Waals surface area contributed by atoms with Gasteiger partial charge in [-0.05, 0) is 66.5 Å². The number of rotatable bonds is 8. The molecule has 0 aliphatic heterocycles. The van der Waals surface area contributed by atoms with E-state index in [2.05, 4.69) is 6.92 Å². The maximum Gasteiger partial charge on any atom is 0.426 e. The summed E-state index contributed by atoms with van der Waals surface area (Å²) < 4.78 is 92.0. The number of ether oxygens (including phenoxy) is 1. The third-order valence-corrected chi connectivity index (χ3v) is 6.87. The van der Waals surface area contributed by atoms with Gasteiger partial charge in [-0.1, -0.05) is 56.7 Å². The summed E-state index contributed by atoms with van der Waals surface area (Å²) in [5.74, 6) is -4.62. The number of allylic oxidation sites excluding steroid dienone is 2. The highest BCUT2D eigenvalue weighted by atomic mass is 19.3. The standard InChI is InChI=1S/C30H28F6O/c1-3-5-21-16-23(17-26(31)27(21)32)37-30(35,36)22-12-10-20(11-13-22)25-15-14-24(28(33)29(25)34)19-8-6-18(4-2)7-9-19/h6,8,10-19H,3-5,7,9H2,1-2H3. The summed E-state index contributed by atoms with van der Waals surface area (Å²) in [7, 11) is 0. The van der Waals surface area contributed by atoms with E-state index in [0.29, 0.717) is 18.4 Å². The minimum atomic E-state index is -3.87. The molecule has 1 nitrogen and oxygen atoms in total. The van der Waals surface area contributed by atoms with Gasteiger partial charge in [0.1, 0.15) is 5.75 Å². The minimum Gasteiger partial charge on any atom is -0.429 e. The highest BCUT2D eigenvalue weighted by molar-refractivity contribution is 5.65. The van der Waals surface area contributed by atoms with Gasteiger partial charge in [0.15, 0.2) is 23.3 Å². The molecule has 0 N–H and O–H groups in total. The van der Waals surface area contributed by atoms with E-state index >= 15 is 4.39 Å². The number of alkyl halides is 2. The fourth-order valence-corrected chi connectivity index (χ4v) is 4.73. The maximum atomic E-state index is 15.0. The van der Waals surface area contributed by atoms with Crippen molar-refractivity contribution in [1.29, 1.82) is 0 Å². The molecule has 4 rings (SSSR count). The average Bonchev–Trinajstić information content (AvgIpc) is 2.89. The van der Waals surface area contributed by atoms with E-state index in [1.54, 1.807) is 6.92 Å². The minimum absolute atomic E-state index is 0.0481. The van der Waals surface area contributed by atoms with Crippen LogP contribution in [-0.4, -0.2) is 0 Å². The second-order valence-electron chi connectivity index (χ2n) is 9.39. The first-order chi connectivity index (χ1) is 17.6. The predicted molar refractivity (Wildman–Crippen MR) is 132 cm³/mol. The van der Waals surface area contributed by atoms with Gasteiger partial charge >= 0.3 is 6.11 Å². The van der Waals surface area contributed by atoms with Crippen molar-refractivity contribution in [2.75, 3.05) is 0 Å². The average molecular weight is 519 g/mol.